The normalized spacial score (nSPS) is 15.2. The number of aromatic nitrogens is 3. The zero-order chi connectivity index (χ0) is 25.1. The summed E-state index contributed by atoms with van der Waals surface area (Å²) < 4.78 is 20.4. The van der Waals surface area contributed by atoms with Gasteiger partial charge in [-0.25, -0.2) is 9.37 Å². The molecule has 2 aromatic carbocycles. The Morgan fingerprint density at radius 3 is 2.50 bits per heavy atom. The van der Waals surface area contributed by atoms with Gasteiger partial charge in [-0.05, 0) is 42.8 Å². The molecule has 0 aliphatic carbocycles. The molecule has 1 saturated heterocycles. The van der Waals surface area contributed by atoms with E-state index in [4.69, 9.17) is 4.74 Å². The first-order valence-corrected chi connectivity index (χ1v) is 12.7. The molecule has 0 spiro atoms. The number of amides is 1. The van der Waals surface area contributed by atoms with Crippen LogP contribution in [0.2, 0.25) is 0 Å². The zero-order valence-corrected chi connectivity index (χ0v) is 20.7. The first-order chi connectivity index (χ1) is 17.5. The van der Waals surface area contributed by atoms with Gasteiger partial charge in [0.15, 0.2) is 6.10 Å². The molecule has 0 radical (unpaired) electrons. The Hall–Kier alpha value is -3.63. The molecule has 3 heterocycles. The predicted molar refractivity (Wildman–Crippen MR) is 136 cm³/mol. The number of carbonyl (C=O) groups excluding carboxylic acids is 1. The summed E-state index contributed by atoms with van der Waals surface area (Å²) in [7, 11) is 0. The maximum atomic E-state index is 13.2. The number of para-hydroxylation sites is 1. The molecular formula is C26H26FN5O3S. The van der Waals surface area contributed by atoms with Gasteiger partial charge in [-0.1, -0.05) is 36.5 Å². The Balaban J connectivity index is 1.22. The standard InChI is InChI=1S/C26H26FN5O3S/c1-2-22(35-21-6-4-3-5-7-21)25(34)31-14-12-30(13-15-31)17-20-16-23(33)32-26(28-20)36-24(29-32)18-8-10-19(27)11-9-18/h3-11,16,22H,2,12-15,17H2,1H3/t22-/m0/s1. The van der Waals surface area contributed by atoms with Crippen LogP contribution in [0.15, 0.2) is 65.5 Å². The summed E-state index contributed by atoms with van der Waals surface area (Å²) in [4.78, 5) is 34.9. The number of carbonyl (C=O) groups is 1. The van der Waals surface area contributed by atoms with Crippen LogP contribution in [0.25, 0.3) is 15.5 Å². The lowest BCUT2D eigenvalue weighted by atomic mass is 10.2. The highest BCUT2D eigenvalue weighted by atomic mass is 32.1. The third-order valence-electron chi connectivity index (χ3n) is 6.13. The Bertz CT molecular complexity index is 1400. The van der Waals surface area contributed by atoms with Crippen molar-refractivity contribution in [2.75, 3.05) is 26.2 Å². The van der Waals surface area contributed by atoms with Gasteiger partial charge in [-0.15, -0.1) is 0 Å². The van der Waals surface area contributed by atoms with E-state index in [1.54, 1.807) is 12.1 Å². The van der Waals surface area contributed by atoms with E-state index in [1.807, 2.05) is 42.2 Å². The number of halogens is 1. The molecule has 2 aromatic heterocycles. The van der Waals surface area contributed by atoms with E-state index < -0.39 is 6.10 Å². The Kier molecular flexibility index (Phi) is 7.06. The van der Waals surface area contributed by atoms with Crippen molar-refractivity contribution in [1.82, 2.24) is 24.4 Å². The summed E-state index contributed by atoms with van der Waals surface area (Å²) in [6.45, 7) is 4.99. The average molecular weight is 508 g/mol. The van der Waals surface area contributed by atoms with Crippen LogP contribution in [0.1, 0.15) is 19.0 Å². The topological polar surface area (TPSA) is 80.0 Å². The highest BCUT2D eigenvalue weighted by Crippen LogP contribution is 2.24. The van der Waals surface area contributed by atoms with Crippen molar-refractivity contribution in [2.45, 2.75) is 26.0 Å². The van der Waals surface area contributed by atoms with Gasteiger partial charge in [-0.2, -0.15) is 9.61 Å². The number of rotatable bonds is 7. The Morgan fingerprint density at radius 1 is 1.08 bits per heavy atom. The van der Waals surface area contributed by atoms with Gasteiger partial charge in [0, 0.05) is 44.4 Å². The molecule has 4 aromatic rings. The van der Waals surface area contributed by atoms with E-state index in [0.717, 1.165) is 5.56 Å². The second kappa shape index (κ2) is 10.5. The SMILES string of the molecule is CC[C@H](Oc1ccccc1)C(=O)N1CCN(Cc2cc(=O)n3nc(-c4ccc(F)cc4)sc3n2)CC1. The molecule has 1 aliphatic heterocycles. The molecule has 36 heavy (non-hydrogen) atoms. The van der Waals surface area contributed by atoms with E-state index in [9.17, 15) is 14.0 Å². The van der Waals surface area contributed by atoms with Crippen molar-refractivity contribution < 1.29 is 13.9 Å². The monoisotopic (exact) mass is 507 g/mol. The van der Waals surface area contributed by atoms with E-state index in [0.29, 0.717) is 60.6 Å². The first kappa shape index (κ1) is 24.1. The molecule has 10 heteroatoms. The molecule has 1 aliphatic rings. The Labute approximate surface area is 211 Å². The third-order valence-corrected chi connectivity index (χ3v) is 7.08. The molecule has 0 bridgehead atoms. The van der Waals surface area contributed by atoms with Gasteiger partial charge in [0.1, 0.15) is 16.6 Å². The number of piperazine rings is 1. The van der Waals surface area contributed by atoms with Crippen LogP contribution in [-0.2, 0) is 11.3 Å². The quantitative estimate of drug-likeness (QED) is 0.381. The van der Waals surface area contributed by atoms with Crippen LogP contribution in [0.4, 0.5) is 4.39 Å². The van der Waals surface area contributed by atoms with Gasteiger partial charge in [0.25, 0.3) is 11.5 Å². The minimum absolute atomic E-state index is 0.00299. The van der Waals surface area contributed by atoms with Crippen molar-refractivity contribution in [2.24, 2.45) is 0 Å². The van der Waals surface area contributed by atoms with E-state index >= 15 is 0 Å². The maximum absolute atomic E-state index is 13.2. The summed E-state index contributed by atoms with van der Waals surface area (Å²) in [6, 6.07) is 16.9. The lowest BCUT2D eigenvalue weighted by Crippen LogP contribution is -2.52. The second-order valence-corrected chi connectivity index (χ2v) is 9.58. The largest absolute Gasteiger partial charge is 0.481 e. The second-order valence-electron chi connectivity index (χ2n) is 8.62. The highest BCUT2D eigenvalue weighted by molar-refractivity contribution is 7.19. The van der Waals surface area contributed by atoms with Crippen molar-refractivity contribution in [3.8, 4) is 16.3 Å². The molecule has 1 amide bonds. The minimum Gasteiger partial charge on any atom is -0.481 e. The van der Waals surface area contributed by atoms with Crippen LogP contribution in [-0.4, -0.2) is 62.6 Å². The smallest absolute Gasteiger partial charge is 0.275 e. The molecule has 0 saturated carbocycles. The number of hydrogen-bond acceptors (Lipinski definition) is 7. The zero-order valence-electron chi connectivity index (χ0n) is 19.8. The molecule has 1 fully saturated rings. The van der Waals surface area contributed by atoms with Gasteiger partial charge >= 0.3 is 0 Å². The van der Waals surface area contributed by atoms with Crippen LogP contribution in [0, 0.1) is 5.82 Å². The van der Waals surface area contributed by atoms with Crippen LogP contribution >= 0.6 is 11.3 Å². The Morgan fingerprint density at radius 2 is 1.81 bits per heavy atom. The molecule has 0 N–H and O–H groups in total. The number of benzene rings is 2. The van der Waals surface area contributed by atoms with Crippen molar-refractivity contribution in [1.29, 1.82) is 0 Å². The molecule has 5 rings (SSSR count). The number of hydrogen-bond donors (Lipinski definition) is 0. The highest BCUT2D eigenvalue weighted by Gasteiger charge is 2.28. The van der Waals surface area contributed by atoms with Gasteiger partial charge in [-0.3, -0.25) is 14.5 Å². The number of ether oxygens (including phenoxy) is 1. The molecule has 186 valence electrons. The summed E-state index contributed by atoms with van der Waals surface area (Å²) in [5.74, 6) is 0.361. The van der Waals surface area contributed by atoms with Gasteiger partial charge in [0.05, 0.1) is 5.69 Å². The number of fused-ring (bicyclic) bond motifs is 1. The molecular weight excluding hydrogens is 481 g/mol. The van der Waals surface area contributed by atoms with Crippen LogP contribution < -0.4 is 10.3 Å². The lowest BCUT2D eigenvalue weighted by Gasteiger charge is -2.36. The maximum Gasteiger partial charge on any atom is 0.275 e. The van der Waals surface area contributed by atoms with Crippen LogP contribution in [0.3, 0.4) is 0 Å². The molecule has 1 atom stereocenters. The van der Waals surface area contributed by atoms with Crippen molar-refractivity contribution in [3.63, 3.8) is 0 Å². The number of nitrogens with zero attached hydrogens (tertiary/aromatic N) is 5. The van der Waals surface area contributed by atoms with Gasteiger partial charge in [0.2, 0.25) is 4.96 Å². The summed E-state index contributed by atoms with van der Waals surface area (Å²) in [5, 5.41) is 4.96. The predicted octanol–water partition coefficient (Wildman–Crippen LogP) is 3.46. The van der Waals surface area contributed by atoms with E-state index in [1.165, 1.54) is 34.1 Å². The van der Waals surface area contributed by atoms with Gasteiger partial charge < -0.3 is 9.64 Å². The van der Waals surface area contributed by atoms with Crippen molar-refractivity contribution in [3.05, 3.63) is 82.5 Å². The summed E-state index contributed by atoms with van der Waals surface area (Å²) >= 11 is 1.29. The fourth-order valence-corrected chi connectivity index (χ4v) is 5.11. The summed E-state index contributed by atoms with van der Waals surface area (Å²) in [5.41, 5.74) is 1.14. The molecule has 0 unspecified atom stereocenters. The summed E-state index contributed by atoms with van der Waals surface area (Å²) in [6.07, 6.45) is 0.0843. The van der Waals surface area contributed by atoms with Crippen molar-refractivity contribution >= 4 is 22.2 Å². The fourth-order valence-electron chi connectivity index (χ4n) is 4.18. The average Bonchev–Trinajstić information content (AvgIpc) is 3.33. The van der Waals surface area contributed by atoms with E-state index in [-0.39, 0.29) is 17.3 Å². The third kappa shape index (κ3) is 5.29. The van der Waals surface area contributed by atoms with Crippen LogP contribution in [0.5, 0.6) is 5.75 Å². The first-order valence-electron chi connectivity index (χ1n) is 11.9. The lowest BCUT2D eigenvalue weighted by molar-refractivity contribution is -0.140. The minimum atomic E-state index is -0.510. The van der Waals surface area contributed by atoms with E-state index in [2.05, 4.69) is 15.0 Å². The fraction of sp³-hybridized carbons (Fsp3) is 0.308. The molecule has 8 nitrogen and oxygen atoms in total.